The third kappa shape index (κ3) is 2.88. The lowest BCUT2D eigenvalue weighted by atomic mass is 10.1. The maximum Gasteiger partial charge on any atom is 0.357 e. The van der Waals surface area contributed by atoms with Crippen molar-refractivity contribution >= 4 is 20.9 Å². The van der Waals surface area contributed by atoms with E-state index in [9.17, 15) is 8.42 Å². The van der Waals surface area contributed by atoms with Crippen LogP contribution in [0.4, 0.5) is 0 Å². The van der Waals surface area contributed by atoms with E-state index in [1.54, 1.807) is 18.2 Å². The molecule has 0 saturated heterocycles. The molecule has 0 radical (unpaired) electrons. The fourth-order valence-corrected chi connectivity index (χ4v) is 3.81. The van der Waals surface area contributed by atoms with Gasteiger partial charge in [-0.2, -0.15) is 13.1 Å². The Hall–Kier alpha value is -3.12. The molecule has 25 heavy (non-hydrogen) atoms. The van der Waals surface area contributed by atoms with Crippen LogP contribution in [0.1, 0.15) is 0 Å². The summed E-state index contributed by atoms with van der Waals surface area (Å²) in [7, 11) is -4.02. The second-order valence-electron chi connectivity index (χ2n) is 5.45. The maximum absolute atomic E-state index is 12.8. The topological polar surface area (TPSA) is 61.2 Å². The van der Waals surface area contributed by atoms with Crippen molar-refractivity contribution in [2.24, 2.45) is 0 Å². The summed E-state index contributed by atoms with van der Waals surface area (Å²) in [5.74, 6) is 0.421. The largest absolute Gasteiger partial charge is 0.357 e. The van der Waals surface area contributed by atoms with Crippen molar-refractivity contribution in [3.8, 4) is 11.4 Å². The highest BCUT2D eigenvalue weighted by atomic mass is 32.2. The van der Waals surface area contributed by atoms with Crippen LogP contribution in [0, 0.1) is 0 Å². The van der Waals surface area contributed by atoms with Gasteiger partial charge < -0.3 is 0 Å². The van der Waals surface area contributed by atoms with Crippen molar-refractivity contribution < 1.29 is 12.7 Å². The molecule has 0 N–H and O–H groups in total. The summed E-state index contributed by atoms with van der Waals surface area (Å²) in [6.45, 7) is 0. The Bertz CT molecular complexity index is 1130. The molecule has 3 aromatic carbocycles. The normalized spacial score (nSPS) is 11.5. The van der Waals surface area contributed by atoms with Crippen LogP contribution < -0.4 is 4.28 Å². The number of hydrogen-bond donors (Lipinski definition) is 0. The molecular weight excluding hydrogens is 336 g/mol. The van der Waals surface area contributed by atoms with E-state index in [1.165, 1.54) is 23.2 Å². The molecule has 1 heterocycles. The minimum atomic E-state index is -4.02. The first-order valence-electron chi connectivity index (χ1n) is 7.67. The van der Waals surface area contributed by atoms with Gasteiger partial charge in [-0.3, -0.25) is 4.28 Å². The molecule has 0 fully saturated rings. The standard InChI is InChI=1S/C19H14N2O3S/c22-25(23,18-12-6-10-15-7-4-5-11-17(15)18)24-21-14-13-20-19(21)16-8-2-1-3-9-16/h1-14H. The molecule has 0 saturated carbocycles. The highest BCUT2D eigenvalue weighted by molar-refractivity contribution is 7.87. The van der Waals surface area contributed by atoms with E-state index in [0.717, 1.165) is 10.9 Å². The van der Waals surface area contributed by atoms with E-state index in [4.69, 9.17) is 4.28 Å². The minimum absolute atomic E-state index is 0.123. The molecule has 1 aromatic heterocycles. The molecule has 4 aromatic rings. The average molecular weight is 350 g/mol. The Morgan fingerprint density at radius 1 is 0.840 bits per heavy atom. The van der Waals surface area contributed by atoms with Crippen LogP contribution in [-0.4, -0.2) is 18.1 Å². The molecule has 5 nitrogen and oxygen atoms in total. The van der Waals surface area contributed by atoms with E-state index < -0.39 is 10.1 Å². The van der Waals surface area contributed by atoms with Crippen molar-refractivity contribution in [2.45, 2.75) is 4.90 Å². The van der Waals surface area contributed by atoms with Crippen molar-refractivity contribution in [3.05, 3.63) is 85.2 Å². The summed E-state index contributed by atoms with van der Waals surface area (Å²) in [6.07, 6.45) is 2.98. The lowest BCUT2D eigenvalue weighted by Crippen LogP contribution is -2.20. The number of nitrogens with zero attached hydrogens (tertiary/aromatic N) is 2. The second kappa shape index (κ2) is 6.07. The van der Waals surface area contributed by atoms with E-state index in [0.29, 0.717) is 11.2 Å². The zero-order valence-electron chi connectivity index (χ0n) is 13.1. The monoisotopic (exact) mass is 350 g/mol. The maximum atomic E-state index is 12.8. The van der Waals surface area contributed by atoms with Gasteiger partial charge in [-0.15, -0.1) is 0 Å². The molecule has 4 rings (SSSR count). The van der Waals surface area contributed by atoms with Crippen LogP contribution >= 0.6 is 0 Å². The summed E-state index contributed by atoms with van der Waals surface area (Å²) in [5.41, 5.74) is 0.764. The lowest BCUT2D eigenvalue weighted by Gasteiger charge is -2.11. The van der Waals surface area contributed by atoms with Crippen molar-refractivity contribution in [2.75, 3.05) is 0 Å². The molecule has 0 aliphatic rings. The van der Waals surface area contributed by atoms with E-state index in [1.807, 2.05) is 48.5 Å². The van der Waals surface area contributed by atoms with E-state index in [-0.39, 0.29) is 4.90 Å². The summed E-state index contributed by atoms with van der Waals surface area (Å²) in [5, 5.41) is 1.45. The first-order chi connectivity index (χ1) is 12.1. The van der Waals surface area contributed by atoms with Gasteiger partial charge in [0.05, 0.1) is 6.20 Å². The van der Waals surface area contributed by atoms with Crippen molar-refractivity contribution in [3.63, 3.8) is 0 Å². The van der Waals surface area contributed by atoms with Crippen molar-refractivity contribution in [1.82, 2.24) is 9.71 Å². The molecule has 0 aliphatic heterocycles. The van der Waals surface area contributed by atoms with Crippen LogP contribution in [0.15, 0.2) is 90.1 Å². The molecule has 0 bridgehead atoms. The van der Waals surface area contributed by atoms with Gasteiger partial charge in [0, 0.05) is 17.1 Å². The molecule has 6 heteroatoms. The minimum Gasteiger partial charge on any atom is -0.282 e. The van der Waals surface area contributed by atoms with Crippen LogP contribution in [-0.2, 0) is 10.1 Å². The summed E-state index contributed by atoms with van der Waals surface area (Å²) < 4.78 is 32.2. The Labute approximate surface area is 145 Å². The number of benzene rings is 3. The van der Waals surface area contributed by atoms with Crippen LogP contribution in [0.3, 0.4) is 0 Å². The van der Waals surface area contributed by atoms with Gasteiger partial charge in [-0.05, 0) is 11.5 Å². The molecule has 0 atom stereocenters. The Morgan fingerprint density at radius 2 is 1.56 bits per heavy atom. The highest BCUT2D eigenvalue weighted by Crippen LogP contribution is 2.24. The zero-order chi connectivity index (χ0) is 17.3. The van der Waals surface area contributed by atoms with Crippen LogP contribution in [0.25, 0.3) is 22.2 Å². The molecule has 0 spiro atoms. The molecule has 0 aliphatic carbocycles. The first-order valence-corrected chi connectivity index (χ1v) is 9.07. The quantitative estimate of drug-likeness (QED) is 0.565. The summed E-state index contributed by atoms with van der Waals surface area (Å²) in [4.78, 5) is 4.32. The van der Waals surface area contributed by atoms with Gasteiger partial charge in [0.2, 0.25) is 0 Å². The van der Waals surface area contributed by atoms with Gasteiger partial charge in [0.15, 0.2) is 5.82 Å². The van der Waals surface area contributed by atoms with Gasteiger partial charge in [-0.1, -0.05) is 66.7 Å². The molecule has 124 valence electrons. The zero-order valence-corrected chi connectivity index (χ0v) is 13.9. The SMILES string of the molecule is O=S(=O)(On1ccnc1-c1ccccc1)c1cccc2ccccc12. The van der Waals surface area contributed by atoms with Crippen molar-refractivity contribution in [1.29, 1.82) is 0 Å². The first kappa shape index (κ1) is 15.4. The number of aromatic nitrogens is 2. The average Bonchev–Trinajstić information content (AvgIpc) is 3.09. The Kier molecular flexibility index (Phi) is 3.74. The molecular formula is C19H14N2O3S. The fourth-order valence-electron chi connectivity index (χ4n) is 2.70. The number of hydrogen-bond acceptors (Lipinski definition) is 4. The Balaban J connectivity index is 1.77. The third-order valence-corrected chi connectivity index (χ3v) is 5.09. The van der Waals surface area contributed by atoms with Crippen LogP contribution in [0.5, 0.6) is 0 Å². The highest BCUT2D eigenvalue weighted by Gasteiger charge is 2.21. The Morgan fingerprint density at radius 3 is 2.40 bits per heavy atom. The number of rotatable bonds is 4. The summed E-state index contributed by atoms with van der Waals surface area (Å²) >= 11 is 0. The van der Waals surface area contributed by atoms with Crippen LogP contribution in [0.2, 0.25) is 0 Å². The van der Waals surface area contributed by atoms with Gasteiger partial charge >= 0.3 is 10.1 Å². The third-order valence-electron chi connectivity index (χ3n) is 3.84. The molecule has 0 unspecified atom stereocenters. The second-order valence-corrected chi connectivity index (χ2v) is 6.95. The van der Waals surface area contributed by atoms with Gasteiger partial charge in [0.1, 0.15) is 4.90 Å². The molecule has 0 amide bonds. The van der Waals surface area contributed by atoms with E-state index in [2.05, 4.69) is 4.98 Å². The van der Waals surface area contributed by atoms with Gasteiger partial charge in [0.25, 0.3) is 0 Å². The number of imidazole rings is 1. The van der Waals surface area contributed by atoms with Gasteiger partial charge in [-0.25, -0.2) is 4.98 Å². The summed E-state index contributed by atoms with van der Waals surface area (Å²) in [6, 6.07) is 21.7. The fraction of sp³-hybridized carbons (Fsp3) is 0. The van der Waals surface area contributed by atoms with E-state index >= 15 is 0 Å². The smallest absolute Gasteiger partial charge is 0.282 e. The lowest BCUT2D eigenvalue weighted by molar-refractivity contribution is 0.284. The predicted octanol–water partition coefficient (Wildman–Crippen LogP) is 3.52. The predicted molar refractivity (Wildman–Crippen MR) is 95.4 cm³/mol. The number of fused-ring (bicyclic) bond motifs is 1.